The zero-order valence-corrected chi connectivity index (χ0v) is 13.7. The molecule has 0 radical (unpaired) electrons. The average molecular weight is 299 g/mol. The van der Waals surface area contributed by atoms with E-state index < -0.39 is 10.0 Å². The lowest BCUT2D eigenvalue weighted by atomic mass is 9.89. The summed E-state index contributed by atoms with van der Waals surface area (Å²) in [6, 6.07) is 4.89. The molecule has 1 unspecified atom stereocenters. The maximum absolute atomic E-state index is 12.5. The number of nitrogens with one attached hydrogen (secondary N) is 1. The van der Waals surface area contributed by atoms with Crippen molar-refractivity contribution in [2.45, 2.75) is 58.6 Å². The number of aliphatic hydroxyl groups excluding tert-OH is 1. The van der Waals surface area contributed by atoms with Crippen LogP contribution in [-0.2, 0) is 23.1 Å². The van der Waals surface area contributed by atoms with Gasteiger partial charge in [0.25, 0.3) is 0 Å². The highest BCUT2D eigenvalue weighted by molar-refractivity contribution is 7.89. The normalized spacial score (nSPS) is 14.3. The van der Waals surface area contributed by atoms with E-state index in [4.69, 9.17) is 0 Å². The summed E-state index contributed by atoms with van der Waals surface area (Å²) < 4.78 is 27.8. The van der Waals surface area contributed by atoms with Crippen LogP contribution < -0.4 is 4.72 Å². The van der Waals surface area contributed by atoms with E-state index in [1.807, 2.05) is 34.6 Å². The van der Waals surface area contributed by atoms with Gasteiger partial charge >= 0.3 is 0 Å². The van der Waals surface area contributed by atoms with Gasteiger partial charge < -0.3 is 5.11 Å². The zero-order valence-electron chi connectivity index (χ0n) is 12.9. The van der Waals surface area contributed by atoms with E-state index in [2.05, 4.69) is 4.72 Å². The number of hydrogen-bond donors (Lipinski definition) is 2. The second kappa shape index (κ2) is 6.24. The lowest BCUT2D eigenvalue weighted by molar-refractivity contribution is 0.281. The Labute approximate surface area is 122 Å². The molecule has 2 N–H and O–H groups in total. The van der Waals surface area contributed by atoms with Crippen molar-refractivity contribution in [3.8, 4) is 0 Å². The van der Waals surface area contributed by atoms with Crippen LogP contribution in [0.4, 0.5) is 0 Å². The molecular formula is C15H25NO3S. The van der Waals surface area contributed by atoms with Crippen LogP contribution in [0.5, 0.6) is 0 Å². The number of hydrogen-bond acceptors (Lipinski definition) is 3. The van der Waals surface area contributed by atoms with Gasteiger partial charge in [0.05, 0.1) is 11.5 Å². The first kappa shape index (κ1) is 17.1. The summed E-state index contributed by atoms with van der Waals surface area (Å²) in [5, 5.41) is 9.19. The lowest BCUT2D eigenvalue weighted by Crippen LogP contribution is -2.41. The van der Waals surface area contributed by atoms with E-state index in [0.717, 1.165) is 5.56 Å². The SMILES string of the molecule is CCc1ccc(CO)cc1S(=O)(=O)NC(C)C(C)(C)C. The van der Waals surface area contributed by atoms with Crippen molar-refractivity contribution < 1.29 is 13.5 Å². The Morgan fingerprint density at radius 3 is 2.35 bits per heavy atom. The Morgan fingerprint density at radius 1 is 1.30 bits per heavy atom. The van der Waals surface area contributed by atoms with E-state index in [9.17, 15) is 13.5 Å². The van der Waals surface area contributed by atoms with Gasteiger partial charge in [0.15, 0.2) is 0 Å². The molecule has 0 saturated carbocycles. The van der Waals surface area contributed by atoms with Crippen molar-refractivity contribution in [1.82, 2.24) is 4.72 Å². The molecule has 1 rings (SSSR count). The molecule has 0 fully saturated rings. The van der Waals surface area contributed by atoms with Crippen molar-refractivity contribution in [1.29, 1.82) is 0 Å². The molecule has 0 aromatic heterocycles. The Morgan fingerprint density at radius 2 is 1.90 bits per heavy atom. The highest BCUT2D eigenvalue weighted by Gasteiger charge is 2.27. The molecule has 20 heavy (non-hydrogen) atoms. The van der Waals surface area contributed by atoms with E-state index >= 15 is 0 Å². The predicted molar refractivity (Wildman–Crippen MR) is 81.0 cm³/mol. The molecule has 114 valence electrons. The van der Waals surface area contributed by atoms with Crippen LogP contribution in [0.2, 0.25) is 0 Å². The molecule has 0 saturated heterocycles. The molecule has 0 aliphatic rings. The fraction of sp³-hybridized carbons (Fsp3) is 0.600. The van der Waals surface area contributed by atoms with Crippen LogP contribution in [0, 0.1) is 5.41 Å². The summed E-state index contributed by atoms with van der Waals surface area (Å²) in [5.74, 6) is 0. The summed E-state index contributed by atoms with van der Waals surface area (Å²) in [4.78, 5) is 0.266. The number of sulfonamides is 1. The minimum atomic E-state index is -3.58. The third kappa shape index (κ3) is 4.04. The molecule has 5 heteroatoms. The van der Waals surface area contributed by atoms with Crippen LogP contribution in [0.15, 0.2) is 23.1 Å². The van der Waals surface area contributed by atoms with Gasteiger partial charge in [0.1, 0.15) is 0 Å². The van der Waals surface area contributed by atoms with Gasteiger partial charge in [0.2, 0.25) is 10.0 Å². The van der Waals surface area contributed by atoms with Gasteiger partial charge in [0, 0.05) is 6.04 Å². The molecule has 0 heterocycles. The highest BCUT2D eigenvalue weighted by Crippen LogP contribution is 2.23. The molecular weight excluding hydrogens is 274 g/mol. The number of rotatable bonds is 5. The third-order valence-corrected chi connectivity index (χ3v) is 5.24. The smallest absolute Gasteiger partial charge is 0.241 e. The molecule has 1 atom stereocenters. The summed E-state index contributed by atoms with van der Waals surface area (Å²) in [5.41, 5.74) is 1.20. The van der Waals surface area contributed by atoms with E-state index in [-0.39, 0.29) is 23.0 Å². The molecule has 1 aromatic carbocycles. The Hall–Kier alpha value is -0.910. The van der Waals surface area contributed by atoms with Crippen molar-refractivity contribution in [2.75, 3.05) is 0 Å². The van der Waals surface area contributed by atoms with E-state index in [1.54, 1.807) is 18.2 Å². The first-order valence-corrected chi connectivity index (χ1v) is 8.35. The molecule has 0 amide bonds. The summed E-state index contributed by atoms with van der Waals surface area (Å²) in [6.07, 6.45) is 0.631. The van der Waals surface area contributed by atoms with Crippen LogP contribution in [0.3, 0.4) is 0 Å². The van der Waals surface area contributed by atoms with Crippen molar-refractivity contribution in [3.63, 3.8) is 0 Å². The lowest BCUT2D eigenvalue weighted by Gasteiger charge is -2.28. The Balaban J connectivity index is 3.21. The van der Waals surface area contributed by atoms with Gasteiger partial charge in [-0.25, -0.2) is 13.1 Å². The largest absolute Gasteiger partial charge is 0.392 e. The fourth-order valence-corrected chi connectivity index (χ4v) is 3.52. The summed E-state index contributed by atoms with van der Waals surface area (Å²) >= 11 is 0. The van der Waals surface area contributed by atoms with E-state index in [0.29, 0.717) is 12.0 Å². The van der Waals surface area contributed by atoms with Crippen LogP contribution in [0.25, 0.3) is 0 Å². The molecule has 0 spiro atoms. The van der Waals surface area contributed by atoms with Crippen LogP contribution in [-0.4, -0.2) is 19.6 Å². The first-order valence-electron chi connectivity index (χ1n) is 6.86. The molecule has 0 aliphatic carbocycles. The van der Waals surface area contributed by atoms with Gasteiger partial charge in [-0.1, -0.05) is 39.8 Å². The topological polar surface area (TPSA) is 66.4 Å². The number of aliphatic hydroxyl groups is 1. The van der Waals surface area contributed by atoms with Crippen molar-refractivity contribution in [3.05, 3.63) is 29.3 Å². The molecule has 1 aromatic rings. The minimum Gasteiger partial charge on any atom is -0.392 e. The van der Waals surface area contributed by atoms with Crippen LogP contribution >= 0.6 is 0 Å². The summed E-state index contributed by atoms with van der Waals surface area (Å²) in [6.45, 7) is 9.59. The van der Waals surface area contributed by atoms with Gasteiger partial charge in [-0.15, -0.1) is 0 Å². The maximum Gasteiger partial charge on any atom is 0.241 e. The standard InChI is InChI=1S/C15H25NO3S/c1-6-13-8-7-12(10-17)9-14(13)20(18,19)16-11(2)15(3,4)5/h7-9,11,16-17H,6,10H2,1-5H3. The van der Waals surface area contributed by atoms with Gasteiger partial charge in [-0.2, -0.15) is 0 Å². The quantitative estimate of drug-likeness (QED) is 0.877. The number of aryl methyl sites for hydroxylation is 1. The maximum atomic E-state index is 12.5. The third-order valence-electron chi connectivity index (χ3n) is 3.62. The average Bonchev–Trinajstić information content (AvgIpc) is 2.36. The predicted octanol–water partition coefficient (Wildman–Crippen LogP) is 2.45. The van der Waals surface area contributed by atoms with E-state index in [1.165, 1.54) is 0 Å². The molecule has 4 nitrogen and oxygen atoms in total. The van der Waals surface area contributed by atoms with Gasteiger partial charge in [-0.3, -0.25) is 0 Å². The highest BCUT2D eigenvalue weighted by atomic mass is 32.2. The fourth-order valence-electron chi connectivity index (χ4n) is 1.71. The van der Waals surface area contributed by atoms with Crippen molar-refractivity contribution in [2.24, 2.45) is 5.41 Å². The minimum absolute atomic E-state index is 0.159. The first-order chi connectivity index (χ1) is 9.11. The van der Waals surface area contributed by atoms with Crippen molar-refractivity contribution >= 4 is 10.0 Å². The second-order valence-electron chi connectivity index (χ2n) is 6.16. The number of benzene rings is 1. The second-order valence-corrected chi connectivity index (χ2v) is 7.85. The monoisotopic (exact) mass is 299 g/mol. The Kier molecular flexibility index (Phi) is 5.35. The molecule has 0 bridgehead atoms. The zero-order chi connectivity index (χ0) is 15.6. The molecule has 0 aliphatic heterocycles. The Bertz CT molecular complexity index is 559. The van der Waals surface area contributed by atoms with Gasteiger partial charge in [-0.05, 0) is 36.0 Å². The summed E-state index contributed by atoms with van der Waals surface area (Å²) in [7, 11) is -3.58. The van der Waals surface area contributed by atoms with Crippen LogP contribution in [0.1, 0.15) is 45.7 Å².